The van der Waals surface area contributed by atoms with Crippen LogP contribution in [0.3, 0.4) is 0 Å². The van der Waals surface area contributed by atoms with Crippen molar-refractivity contribution in [1.82, 2.24) is 0 Å². The van der Waals surface area contributed by atoms with Gasteiger partial charge < -0.3 is 9.52 Å². The number of carboxylic acids is 1. The number of halogens is 1. The Balaban J connectivity index is 2.66. The first-order valence-electron chi connectivity index (χ1n) is 4.24. The second-order valence-electron chi connectivity index (χ2n) is 2.98. The summed E-state index contributed by atoms with van der Waals surface area (Å²) in [4.78, 5) is 10.9. The zero-order valence-corrected chi connectivity index (χ0v) is 7.61. The summed E-state index contributed by atoms with van der Waals surface area (Å²) < 4.78 is 18.1. The van der Waals surface area contributed by atoms with Crippen molar-refractivity contribution >= 4 is 5.97 Å². The van der Waals surface area contributed by atoms with E-state index >= 15 is 0 Å². The van der Waals surface area contributed by atoms with Gasteiger partial charge in [-0.2, -0.15) is 0 Å². The van der Waals surface area contributed by atoms with Crippen molar-refractivity contribution in [3.05, 3.63) is 48.2 Å². The van der Waals surface area contributed by atoms with Crippen LogP contribution in [0, 0.1) is 5.82 Å². The standard InChI is InChI=1S/C11H7FO3/c12-9-3-1-2-8(10(9)11(13)14)7-4-5-15-6-7/h1-6H,(H,13,14). The fraction of sp³-hybridized carbons (Fsp3) is 0. The second-order valence-corrected chi connectivity index (χ2v) is 2.98. The molecule has 0 aliphatic carbocycles. The third-order valence-corrected chi connectivity index (χ3v) is 2.06. The van der Waals surface area contributed by atoms with Crippen molar-refractivity contribution in [3.63, 3.8) is 0 Å². The van der Waals surface area contributed by atoms with E-state index in [1.165, 1.54) is 24.7 Å². The summed E-state index contributed by atoms with van der Waals surface area (Å²) in [5.74, 6) is -2.04. The Hall–Kier alpha value is -2.10. The summed E-state index contributed by atoms with van der Waals surface area (Å²) in [5.41, 5.74) is 0.530. The molecule has 2 aromatic rings. The molecule has 0 amide bonds. The fourth-order valence-electron chi connectivity index (χ4n) is 1.40. The molecular weight excluding hydrogens is 199 g/mol. The van der Waals surface area contributed by atoms with E-state index < -0.39 is 11.8 Å². The molecule has 1 aromatic carbocycles. The van der Waals surface area contributed by atoms with Gasteiger partial charge in [-0.3, -0.25) is 0 Å². The Labute approximate surface area is 84.8 Å². The van der Waals surface area contributed by atoms with Crippen LogP contribution in [0.2, 0.25) is 0 Å². The van der Waals surface area contributed by atoms with Crippen molar-refractivity contribution in [1.29, 1.82) is 0 Å². The minimum absolute atomic E-state index is 0.316. The third-order valence-electron chi connectivity index (χ3n) is 2.06. The molecule has 0 radical (unpaired) electrons. The average molecular weight is 206 g/mol. The second kappa shape index (κ2) is 3.57. The Bertz CT molecular complexity index is 489. The van der Waals surface area contributed by atoms with E-state index in [-0.39, 0.29) is 5.56 Å². The first kappa shape index (κ1) is 9.45. The monoisotopic (exact) mass is 206 g/mol. The number of benzene rings is 1. The Morgan fingerprint density at radius 3 is 2.73 bits per heavy atom. The molecule has 2 rings (SSSR count). The molecule has 4 heteroatoms. The van der Waals surface area contributed by atoms with Gasteiger partial charge in [0.25, 0.3) is 0 Å². The molecule has 1 heterocycles. The van der Waals surface area contributed by atoms with E-state index in [9.17, 15) is 9.18 Å². The van der Waals surface area contributed by atoms with Crippen LogP contribution in [0.25, 0.3) is 11.1 Å². The van der Waals surface area contributed by atoms with Gasteiger partial charge in [0, 0.05) is 11.1 Å². The van der Waals surface area contributed by atoms with Crippen molar-refractivity contribution in [2.24, 2.45) is 0 Å². The molecule has 76 valence electrons. The summed E-state index contributed by atoms with van der Waals surface area (Å²) in [7, 11) is 0. The SMILES string of the molecule is O=C(O)c1c(F)cccc1-c1ccoc1. The molecule has 0 fully saturated rings. The molecule has 15 heavy (non-hydrogen) atoms. The molecule has 0 atom stereocenters. The predicted molar refractivity (Wildman–Crippen MR) is 51.1 cm³/mol. The largest absolute Gasteiger partial charge is 0.478 e. The van der Waals surface area contributed by atoms with E-state index in [0.717, 1.165) is 6.07 Å². The van der Waals surface area contributed by atoms with Gasteiger partial charge in [0.15, 0.2) is 0 Å². The lowest BCUT2D eigenvalue weighted by Crippen LogP contribution is -2.02. The lowest BCUT2D eigenvalue weighted by molar-refractivity contribution is 0.0693. The highest BCUT2D eigenvalue weighted by Crippen LogP contribution is 2.25. The molecule has 0 unspecified atom stereocenters. The van der Waals surface area contributed by atoms with Gasteiger partial charge >= 0.3 is 5.97 Å². The van der Waals surface area contributed by atoms with Crippen LogP contribution in [-0.2, 0) is 0 Å². The van der Waals surface area contributed by atoms with Crippen LogP contribution in [-0.4, -0.2) is 11.1 Å². The quantitative estimate of drug-likeness (QED) is 0.821. The summed E-state index contributed by atoms with van der Waals surface area (Å²) in [6, 6.07) is 5.70. The zero-order valence-electron chi connectivity index (χ0n) is 7.61. The minimum Gasteiger partial charge on any atom is -0.478 e. The maximum Gasteiger partial charge on any atom is 0.339 e. The van der Waals surface area contributed by atoms with E-state index in [4.69, 9.17) is 9.52 Å². The highest BCUT2D eigenvalue weighted by atomic mass is 19.1. The van der Waals surface area contributed by atoms with Crippen LogP contribution >= 0.6 is 0 Å². The Morgan fingerprint density at radius 1 is 1.33 bits per heavy atom. The smallest absolute Gasteiger partial charge is 0.339 e. The van der Waals surface area contributed by atoms with Crippen molar-refractivity contribution in [3.8, 4) is 11.1 Å². The maximum atomic E-state index is 13.3. The maximum absolute atomic E-state index is 13.3. The minimum atomic E-state index is -1.29. The summed E-state index contributed by atoms with van der Waals surface area (Å²) in [5, 5.41) is 8.87. The molecule has 0 saturated carbocycles. The number of furan rings is 1. The van der Waals surface area contributed by atoms with Crippen LogP contribution in [0.1, 0.15) is 10.4 Å². The number of rotatable bonds is 2. The van der Waals surface area contributed by atoms with Gasteiger partial charge in [-0.15, -0.1) is 0 Å². The molecule has 1 N–H and O–H groups in total. The summed E-state index contributed by atoms with van der Waals surface area (Å²) in [6.07, 6.45) is 2.78. The van der Waals surface area contributed by atoms with Gasteiger partial charge in [-0.25, -0.2) is 9.18 Å². The van der Waals surface area contributed by atoms with Crippen molar-refractivity contribution in [2.45, 2.75) is 0 Å². The lowest BCUT2D eigenvalue weighted by atomic mass is 10.0. The molecule has 1 aromatic heterocycles. The van der Waals surface area contributed by atoms with E-state index in [2.05, 4.69) is 0 Å². The van der Waals surface area contributed by atoms with E-state index in [0.29, 0.717) is 11.1 Å². The molecule has 0 bridgehead atoms. The molecule has 0 aliphatic rings. The number of hydrogen-bond acceptors (Lipinski definition) is 2. The third kappa shape index (κ3) is 1.61. The number of hydrogen-bond donors (Lipinski definition) is 1. The van der Waals surface area contributed by atoms with Crippen LogP contribution < -0.4 is 0 Å². The van der Waals surface area contributed by atoms with Crippen LogP contribution in [0.5, 0.6) is 0 Å². The molecular formula is C11H7FO3. The van der Waals surface area contributed by atoms with Gasteiger partial charge in [0.1, 0.15) is 11.4 Å². The summed E-state index contributed by atoms with van der Waals surface area (Å²) in [6.45, 7) is 0. The molecule has 0 saturated heterocycles. The Kier molecular flexibility index (Phi) is 2.25. The molecule has 0 aliphatic heterocycles. The molecule has 3 nitrogen and oxygen atoms in total. The zero-order chi connectivity index (χ0) is 10.8. The van der Waals surface area contributed by atoms with Gasteiger partial charge in [0.05, 0.1) is 12.5 Å². The van der Waals surface area contributed by atoms with E-state index in [1.54, 1.807) is 6.07 Å². The van der Waals surface area contributed by atoms with Crippen molar-refractivity contribution < 1.29 is 18.7 Å². The number of carbonyl (C=O) groups is 1. The number of aromatic carboxylic acids is 1. The lowest BCUT2D eigenvalue weighted by Gasteiger charge is -2.03. The fourth-order valence-corrected chi connectivity index (χ4v) is 1.40. The van der Waals surface area contributed by atoms with Crippen LogP contribution in [0.15, 0.2) is 41.2 Å². The Morgan fingerprint density at radius 2 is 2.13 bits per heavy atom. The average Bonchev–Trinajstić information content (AvgIpc) is 2.69. The van der Waals surface area contributed by atoms with Gasteiger partial charge in [-0.05, 0) is 12.1 Å². The highest BCUT2D eigenvalue weighted by molar-refractivity contribution is 5.96. The van der Waals surface area contributed by atoms with E-state index in [1.807, 2.05) is 0 Å². The predicted octanol–water partition coefficient (Wildman–Crippen LogP) is 2.78. The summed E-state index contributed by atoms with van der Waals surface area (Å²) >= 11 is 0. The number of carboxylic acid groups (broad SMARTS) is 1. The van der Waals surface area contributed by atoms with Crippen molar-refractivity contribution in [2.75, 3.05) is 0 Å². The van der Waals surface area contributed by atoms with Gasteiger partial charge in [-0.1, -0.05) is 12.1 Å². The molecule has 0 spiro atoms. The topological polar surface area (TPSA) is 50.4 Å². The first-order chi connectivity index (χ1) is 7.20. The normalized spacial score (nSPS) is 10.2. The van der Waals surface area contributed by atoms with Crippen LogP contribution in [0.4, 0.5) is 4.39 Å². The van der Waals surface area contributed by atoms with Gasteiger partial charge in [0.2, 0.25) is 0 Å². The first-order valence-corrected chi connectivity index (χ1v) is 4.24. The highest BCUT2D eigenvalue weighted by Gasteiger charge is 2.16.